The highest BCUT2D eigenvalue weighted by molar-refractivity contribution is 5.79. The van der Waals surface area contributed by atoms with E-state index in [1.807, 2.05) is 33.2 Å². The van der Waals surface area contributed by atoms with Crippen molar-refractivity contribution in [1.82, 2.24) is 15.5 Å². The molecule has 6 heteroatoms. The van der Waals surface area contributed by atoms with Crippen molar-refractivity contribution in [3.63, 3.8) is 0 Å². The maximum absolute atomic E-state index is 13.2. The third kappa shape index (κ3) is 6.74. The fourth-order valence-electron chi connectivity index (χ4n) is 4.04. The highest BCUT2D eigenvalue weighted by Crippen LogP contribution is 2.40. The van der Waals surface area contributed by atoms with Gasteiger partial charge in [-0.2, -0.15) is 0 Å². The normalized spacial score (nSPS) is 17.7. The van der Waals surface area contributed by atoms with E-state index in [2.05, 4.69) is 20.5 Å². The number of hydrogen-bond donors (Lipinski definition) is 2. The van der Waals surface area contributed by atoms with Crippen molar-refractivity contribution in [2.45, 2.75) is 45.1 Å². The lowest BCUT2D eigenvalue weighted by molar-refractivity contribution is 0.105. The summed E-state index contributed by atoms with van der Waals surface area (Å²) in [5, 5.41) is 6.98. The van der Waals surface area contributed by atoms with Gasteiger partial charge in [0.25, 0.3) is 0 Å². The summed E-state index contributed by atoms with van der Waals surface area (Å²) in [6.45, 7) is 5.28. The number of nitrogens with zero attached hydrogens (tertiary/aromatic N) is 2. The van der Waals surface area contributed by atoms with Gasteiger partial charge in [0.1, 0.15) is 5.82 Å². The zero-order valence-electron chi connectivity index (χ0n) is 17.9. The van der Waals surface area contributed by atoms with Crippen LogP contribution in [0, 0.1) is 11.2 Å². The standard InChI is InChI=1S/C22H37FN4O/c1-5-28-15-14-22(12-6-7-13-22)17-26-21(24-2)25-16-20(27(3)4)18-8-10-19(23)11-9-18/h8-11,20H,5-7,12-17H2,1-4H3,(H2,24,25,26). The molecule has 1 atom stereocenters. The topological polar surface area (TPSA) is 48.9 Å². The number of aliphatic imine (C=N–C) groups is 1. The molecule has 0 radical (unpaired) electrons. The molecule has 1 unspecified atom stereocenters. The zero-order valence-corrected chi connectivity index (χ0v) is 17.9. The Morgan fingerprint density at radius 2 is 1.89 bits per heavy atom. The van der Waals surface area contributed by atoms with Crippen molar-refractivity contribution in [3.05, 3.63) is 35.6 Å². The molecule has 28 heavy (non-hydrogen) atoms. The van der Waals surface area contributed by atoms with Crippen LogP contribution in [-0.4, -0.2) is 58.3 Å². The van der Waals surface area contributed by atoms with E-state index in [0.29, 0.717) is 12.0 Å². The predicted molar refractivity (Wildman–Crippen MR) is 114 cm³/mol. The third-order valence-corrected chi connectivity index (χ3v) is 5.84. The molecular weight excluding hydrogens is 355 g/mol. The average Bonchev–Trinajstić information content (AvgIpc) is 3.15. The molecule has 0 aromatic heterocycles. The Balaban J connectivity index is 1.90. The van der Waals surface area contributed by atoms with Crippen LogP contribution in [0.15, 0.2) is 29.3 Å². The summed E-state index contributed by atoms with van der Waals surface area (Å²) in [5.74, 6) is 0.609. The Hall–Kier alpha value is -1.66. The van der Waals surface area contributed by atoms with Gasteiger partial charge in [-0.25, -0.2) is 4.39 Å². The summed E-state index contributed by atoms with van der Waals surface area (Å²) in [6, 6.07) is 6.86. The summed E-state index contributed by atoms with van der Waals surface area (Å²) in [7, 11) is 5.87. The number of rotatable bonds is 10. The van der Waals surface area contributed by atoms with Gasteiger partial charge in [0, 0.05) is 33.4 Å². The summed E-state index contributed by atoms with van der Waals surface area (Å²) < 4.78 is 18.9. The van der Waals surface area contributed by atoms with E-state index in [-0.39, 0.29) is 11.9 Å². The van der Waals surface area contributed by atoms with Crippen LogP contribution in [-0.2, 0) is 4.74 Å². The van der Waals surface area contributed by atoms with Crippen LogP contribution < -0.4 is 10.6 Å². The maximum atomic E-state index is 13.2. The van der Waals surface area contributed by atoms with Crippen molar-refractivity contribution in [2.75, 3.05) is 47.4 Å². The van der Waals surface area contributed by atoms with Gasteiger partial charge in [0.05, 0.1) is 6.04 Å². The van der Waals surface area contributed by atoms with Crippen LogP contribution in [0.5, 0.6) is 0 Å². The Morgan fingerprint density at radius 1 is 1.21 bits per heavy atom. The smallest absolute Gasteiger partial charge is 0.191 e. The molecule has 1 aromatic carbocycles. The number of guanidine groups is 1. The molecule has 1 saturated carbocycles. The second kappa shape index (κ2) is 11.4. The van der Waals surface area contributed by atoms with Crippen molar-refractivity contribution < 1.29 is 9.13 Å². The number of halogens is 1. The molecule has 1 aromatic rings. The van der Waals surface area contributed by atoms with E-state index < -0.39 is 0 Å². The number of ether oxygens (including phenoxy) is 1. The van der Waals surface area contributed by atoms with Gasteiger partial charge in [0.15, 0.2) is 5.96 Å². The van der Waals surface area contributed by atoms with Gasteiger partial charge in [0.2, 0.25) is 0 Å². The first-order valence-electron chi connectivity index (χ1n) is 10.4. The molecule has 2 N–H and O–H groups in total. The third-order valence-electron chi connectivity index (χ3n) is 5.84. The van der Waals surface area contributed by atoms with Crippen molar-refractivity contribution in [3.8, 4) is 0 Å². The lowest BCUT2D eigenvalue weighted by Gasteiger charge is -2.31. The number of benzene rings is 1. The lowest BCUT2D eigenvalue weighted by Crippen LogP contribution is -2.45. The molecule has 5 nitrogen and oxygen atoms in total. The number of likely N-dealkylation sites (N-methyl/N-ethyl adjacent to an activating group) is 1. The average molecular weight is 393 g/mol. The molecule has 0 spiro atoms. The molecule has 0 amide bonds. The first kappa shape index (κ1) is 22.6. The van der Waals surface area contributed by atoms with Crippen LogP contribution >= 0.6 is 0 Å². The van der Waals surface area contributed by atoms with E-state index >= 15 is 0 Å². The number of hydrogen-bond acceptors (Lipinski definition) is 3. The lowest BCUT2D eigenvalue weighted by atomic mass is 9.83. The Bertz CT molecular complexity index is 597. The second-order valence-electron chi connectivity index (χ2n) is 7.99. The van der Waals surface area contributed by atoms with Crippen LogP contribution in [0.25, 0.3) is 0 Å². The SMILES string of the molecule is CCOCCC1(CNC(=NC)NCC(c2ccc(F)cc2)N(C)C)CCCC1. The summed E-state index contributed by atoms with van der Waals surface area (Å²) >= 11 is 0. The first-order chi connectivity index (χ1) is 13.5. The van der Waals surface area contributed by atoms with Crippen molar-refractivity contribution >= 4 is 5.96 Å². The fourth-order valence-corrected chi connectivity index (χ4v) is 4.04. The van der Waals surface area contributed by atoms with Gasteiger partial charge in [-0.3, -0.25) is 4.99 Å². The van der Waals surface area contributed by atoms with Crippen molar-refractivity contribution in [1.29, 1.82) is 0 Å². The molecule has 1 aliphatic rings. The molecule has 0 saturated heterocycles. The summed E-state index contributed by atoms with van der Waals surface area (Å²) in [5.41, 5.74) is 1.39. The highest BCUT2D eigenvalue weighted by atomic mass is 19.1. The quantitative estimate of drug-likeness (QED) is 0.363. The predicted octanol–water partition coefficient (Wildman–Crippen LogP) is 3.58. The van der Waals surface area contributed by atoms with Crippen LogP contribution in [0.4, 0.5) is 4.39 Å². The molecule has 158 valence electrons. The largest absolute Gasteiger partial charge is 0.382 e. The monoisotopic (exact) mass is 392 g/mol. The second-order valence-corrected chi connectivity index (χ2v) is 7.99. The minimum Gasteiger partial charge on any atom is -0.382 e. The van der Waals surface area contributed by atoms with Crippen LogP contribution in [0.1, 0.15) is 50.6 Å². The zero-order chi connectivity index (χ0) is 20.4. The fraction of sp³-hybridized carbons (Fsp3) is 0.682. The molecule has 0 heterocycles. The van der Waals surface area contributed by atoms with Gasteiger partial charge in [-0.05, 0) is 63.4 Å². The van der Waals surface area contributed by atoms with E-state index in [1.54, 1.807) is 7.05 Å². The number of nitrogens with one attached hydrogen (secondary N) is 2. The Kier molecular flexibility index (Phi) is 9.19. The Morgan fingerprint density at radius 3 is 2.46 bits per heavy atom. The van der Waals surface area contributed by atoms with E-state index in [4.69, 9.17) is 4.74 Å². The van der Waals surface area contributed by atoms with Crippen LogP contribution in [0.2, 0.25) is 0 Å². The van der Waals surface area contributed by atoms with E-state index in [0.717, 1.165) is 37.7 Å². The maximum Gasteiger partial charge on any atom is 0.191 e. The molecular formula is C22H37FN4O. The molecule has 1 aliphatic carbocycles. The van der Waals surface area contributed by atoms with Crippen molar-refractivity contribution in [2.24, 2.45) is 10.4 Å². The minimum absolute atomic E-state index is 0.137. The van der Waals surface area contributed by atoms with E-state index in [1.165, 1.54) is 37.8 Å². The minimum atomic E-state index is -0.208. The highest BCUT2D eigenvalue weighted by Gasteiger charge is 2.33. The first-order valence-corrected chi connectivity index (χ1v) is 10.4. The van der Waals surface area contributed by atoms with Gasteiger partial charge in [-0.1, -0.05) is 25.0 Å². The molecule has 2 rings (SSSR count). The van der Waals surface area contributed by atoms with E-state index in [9.17, 15) is 4.39 Å². The summed E-state index contributed by atoms with van der Waals surface area (Å²) in [4.78, 5) is 6.53. The Labute approximate surface area is 169 Å². The molecule has 0 aliphatic heterocycles. The molecule has 0 bridgehead atoms. The van der Waals surface area contributed by atoms with Gasteiger partial charge in [-0.15, -0.1) is 0 Å². The van der Waals surface area contributed by atoms with Gasteiger partial charge < -0.3 is 20.3 Å². The molecule has 1 fully saturated rings. The van der Waals surface area contributed by atoms with Gasteiger partial charge >= 0.3 is 0 Å². The van der Waals surface area contributed by atoms with Crippen LogP contribution in [0.3, 0.4) is 0 Å². The summed E-state index contributed by atoms with van der Waals surface area (Å²) in [6.07, 6.45) is 6.20.